The number of hydrogen-bond donors (Lipinski definition) is 2. The fraction of sp³-hybridized carbons (Fsp3) is 0.333. The molecule has 2 heterocycles. The molecule has 158 valence electrons. The Morgan fingerprint density at radius 2 is 1.93 bits per heavy atom. The number of rotatable bonds is 8. The van der Waals surface area contributed by atoms with Crippen LogP contribution in [0.25, 0.3) is 5.65 Å². The smallest absolute Gasteiger partial charge is 0.241 e. The quantitative estimate of drug-likeness (QED) is 0.427. The zero-order valence-electron chi connectivity index (χ0n) is 17.5. The van der Waals surface area contributed by atoms with Crippen molar-refractivity contribution < 1.29 is 9.53 Å². The van der Waals surface area contributed by atoms with Gasteiger partial charge in [0.1, 0.15) is 12.3 Å². The number of aromatic nitrogens is 3. The third-order valence-corrected chi connectivity index (χ3v) is 4.53. The Morgan fingerprint density at radius 3 is 2.67 bits per heavy atom. The maximum atomic E-state index is 12.0. The van der Waals surface area contributed by atoms with E-state index in [0.29, 0.717) is 19.0 Å². The monoisotopic (exact) mass is 409 g/mol. The minimum Gasteiger partial charge on any atom is -0.497 e. The Hall–Kier alpha value is -3.62. The van der Waals surface area contributed by atoms with Gasteiger partial charge in [-0.05, 0) is 36.2 Å². The van der Waals surface area contributed by atoms with Gasteiger partial charge in [0.2, 0.25) is 5.91 Å². The first kappa shape index (κ1) is 21.1. The van der Waals surface area contributed by atoms with Gasteiger partial charge < -0.3 is 20.3 Å². The molecule has 0 aliphatic rings. The lowest BCUT2D eigenvalue weighted by Crippen LogP contribution is -2.43. The molecule has 2 N–H and O–H groups in total. The van der Waals surface area contributed by atoms with Crippen LogP contribution in [0.15, 0.2) is 53.7 Å². The number of fused-ring (bicyclic) bond motifs is 1. The Bertz CT molecular complexity index is 996. The van der Waals surface area contributed by atoms with Gasteiger partial charge in [0.05, 0.1) is 13.7 Å². The summed E-state index contributed by atoms with van der Waals surface area (Å²) in [5, 5.41) is 14.7. The molecular formula is C21H27N7O2. The lowest BCUT2D eigenvalue weighted by atomic mass is 10.1. The number of benzene rings is 1. The van der Waals surface area contributed by atoms with Crippen LogP contribution in [0.4, 0.5) is 0 Å². The van der Waals surface area contributed by atoms with Gasteiger partial charge in [-0.25, -0.2) is 4.99 Å². The lowest BCUT2D eigenvalue weighted by molar-refractivity contribution is -0.127. The highest BCUT2D eigenvalue weighted by atomic mass is 16.5. The van der Waals surface area contributed by atoms with E-state index in [9.17, 15) is 4.79 Å². The molecule has 1 amide bonds. The Morgan fingerprint density at radius 1 is 1.13 bits per heavy atom. The van der Waals surface area contributed by atoms with E-state index in [4.69, 9.17) is 4.74 Å². The normalized spacial score (nSPS) is 11.4. The van der Waals surface area contributed by atoms with Gasteiger partial charge in [-0.3, -0.25) is 9.20 Å². The summed E-state index contributed by atoms with van der Waals surface area (Å²) < 4.78 is 7.08. The summed E-state index contributed by atoms with van der Waals surface area (Å²) in [4.78, 5) is 18.1. The van der Waals surface area contributed by atoms with E-state index in [1.807, 2.05) is 53.1 Å². The number of aliphatic imine (C=N–C) groups is 1. The van der Waals surface area contributed by atoms with Crippen molar-refractivity contribution in [2.45, 2.75) is 13.0 Å². The number of methoxy groups -OCH3 is 1. The van der Waals surface area contributed by atoms with E-state index in [-0.39, 0.29) is 12.5 Å². The molecule has 9 heteroatoms. The van der Waals surface area contributed by atoms with Crippen molar-refractivity contribution in [1.29, 1.82) is 0 Å². The molecule has 3 aromatic rings. The number of likely N-dealkylation sites (N-methyl/N-ethyl adjacent to an activating group) is 1. The van der Waals surface area contributed by atoms with Crippen LogP contribution in [0.3, 0.4) is 0 Å². The van der Waals surface area contributed by atoms with Crippen LogP contribution < -0.4 is 15.4 Å². The number of nitrogens with one attached hydrogen (secondary N) is 2. The maximum Gasteiger partial charge on any atom is 0.241 e. The number of amides is 1. The number of ether oxygens (including phenoxy) is 1. The summed E-state index contributed by atoms with van der Waals surface area (Å²) in [6.45, 7) is 1.15. The van der Waals surface area contributed by atoms with E-state index in [1.54, 1.807) is 21.2 Å². The zero-order valence-corrected chi connectivity index (χ0v) is 17.5. The summed E-state index contributed by atoms with van der Waals surface area (Å²) in [7, 11) is 5.10. The van der Waals surface area contributed by atoms with Crippen molar-refractivity contribution in [2.75, 3.05) is 34.3 Å². The Balaban J connectivity index is 1.64. The minimum atomic E-state index is -0.0346. The van der Waals surface area contributed by atoms with E-state index in [2.05, 4.69) is 25.8 Å². The maximum absolute atomic E-state index is 12.0. The average molecular weight is 409 g/mol. The first-order valence-electron chi connectivity index (χ1n) is 9.70. The molecule has 0 atom stereocenters. The number of hydrogen-bond acceptors (Lipinski definition) is 5. The standard InChI is InChI=1S/C21H27N7O2/c1-27(2)20(29)15-24-21(22-12-11-16-7-9-17(30-3)10-8-16)23-14-19-26-25-18-6-4-5-13-28(18)19/h4-10,13H,11-12,14-15H2,1-3H3,(H2,22,23,24). The van der Waals surface area contributed by atoms with Crippen molar-refractivity contribution in [2.24, 2.45) is 4.99 Å². The van der Waals surface area contributed by atoms with Crippen molar-refractivity contribution >= 4 is 17.5 Å². The third kappa shape index (κ3) is 5.69. The van der Waals surface area contributed by atoms with Gasteiger partial charge in [-0.1, -0.05) is 18.2 Å². The van der Waals surface area contributed by atoms with Crippen molar-refractivity contribution in [1.82, 2.24) is 30.1 Å². The summed E-state index contributed by atoms with van der Waals surface area (Å²) in [6.07, 6.45) is 2.71. The molecule has 9 nitrogen and oxygen atoms in total. The molecule has 0 unspecified atom stereocenters. The SMILES string of the molecule is COc1ccc(CCNC(=NCc2nnc3ccccn23)NCC(=O)N(C)C)cc1. The second kappa shape index (κ2) is 10.2. The van der Waals surface area contributed by atoms with Crippen LogP contribution in [-0.4, -0.2) is 65.7 Å². The summed E-state index contributed by atoms with van der Waals surface area (Å²) in [6, 6.07) is 13.7. The first-order valence-corrected chi connectivity index (χ1v) is 9.70. The molecule has 1 aromatic carbocycles. The molecule has 0 saturated carbocycles. The summed E-state index contributed by atoms with van der Waals surface area (Å²) in [5.41, 5.74) is 1.95. The van der Waals surface area contributed by atoms with Crippen molar-refractivity contribution in [3.05, 3.63) is 60.0 Å². The molecular weight excluding hydrogens is 382 g/mol. The number of nitrogens with zero attached hydrogens (tertiary/aromatic N) is 5. The molecule has 0 bridgehead atoms. The van der Waals surface area contributed by atoms with Crippen LogP contribution in [0.1, 0.15) is 11.4 Å². The second-order valence-electron chi connectivity index (χ2n) is 6.88. The highest BCUT2D eigenvalue weighted by Gasteiger charge is 2.08. The highest BCUT2D eigenvalue weighted by Crippen LogP contribution is 2.11. The number of guanidine groups is 1. The lowest BCUT2D eigenvalue weighted by Gasteiger charge is -2.15. The third-order valence-electron chi connectivity index (χ3n) is 4.53. The van der Waals surface area contributed by atoms with E-state index in [1.165, 1.54) is 10.5 Å². The van der Waals surface area contributed by atoms with Crippen LogP contribution in [-0.2, 0) is 17.8 Å². The predicted molar refractivity (Wildman–Crippen MR) is 116 cm³/mol. The van der Waals surface area contributed by atoms with Crippen LogP contribution in [0, 0.1) is 0 Å². The van der Waals surface area contributed by atoms with Crippen LogP contribution in [0.2, 0.25) is 0 Å². The molecule has 3 rings (SSSR count). The largest absolute Gasteiger partial charge is 0.497 e. The first-order chi connectivity index (χ1) is 14.6. The molecule has 0 aliphatic carbocycles. The zero-order chi connectivity index (χ0) is 21.3. The van der Waals surface area contributed by atoms with E-state index >= 15 is 0 Å². The Labute approximate surface area is 175 Å². The number of carbonyl (C=O) groups is 1. The number of pyridine rings is 1. The molecule has 2 aromatic heterocycles. The van der Waals surface area contributed by atoms with Gasteiger partial charge in [-0.2, -0.15) is 0 Å². The van der Waals surface area contributed by atoms with Gasteiger partial charge in [-0.15, -0.1) is 10.2 Å². The topological polar surface area (TPSA) is 96.1 Å². The van der Waals surface area contributed by atoms with Gasteiger partial charge in [0.25, 0.3) is 0 Å². The average Bonchev–Trinajstić information content (AvgIpc) is 3.18. The number of carbonyl (C=O) groups excluding carboxylic acids is 1. The summed E-state index contributed by atoms with van der Waals surface area (Å²) >= 11 is 0. The second-order valence-corrected chi connectivity index (χ2v) is 6.88. The van der Waals surface area contributed by atoms with E-state index < -0.39 is 0 Å². The fourth-order valence-electron chi connectivity index (χ4n) is 2.76. The molecule has 0 aliphatic heterocycles. The summed E-state index contributed by atoms with van der Waals surface area (Å²) in [5.74, 6) is 2.07. The molecule has 0 saturated heterocycles. The van der Waals surface area contributed by atoms with Gasteiger partial charge >= 0.3 is 0 Å². The molecule has 0 spiro atoms. The van der Waals surface area contributed by atoms with Crippen molar-refractivity contribution in [3.8, 4) is 5.75 Å². The minimum absolute atomic E-state index is 0.0346. The van der Waals surface area contributed by atoms with E-state index in [0.717, 1.165) is 23.6 Å². The Kier molecular flexibility index (Phi) is 7.20. The van der Waals surface area contributed by atoms with Gasteiger partial charge in [0, 0.05) is 26.8 Å². The van der Waals surface area contributed by atoms with Crippen LogP contribution >= 0.6 is 0 Å². The van der Waals surface area contributed by atoms with Crippen molar-refractivity contribution in [3.63, 3.8) is 0 Å². The fourth-order valence-corrected chi connectivity index (χ4v) is 2.76. The molecule has 30 heavy (non-hydrogen) atoms. The predicted octanol–water partition coefficient (Wildman–Crippen LogP) is 1.10. The van der Waals surface area contributed by atoms with Crippen LogP contribution in [0.5, 0.6) is 5.75 Å². The molecule has 0 radical (unpaired) electrons. The molecule has 0 fully saturated rings. The highest BCUT2D eigenvalue weighted by molar-refractivity contribution is 5.86. The van der Waals surface area contributed by atoms with Gasteiger partial charge in [0.15, 0.2) is 17.4 Å².